The van der Waals surface area contributed by atoms with Crippen LogP contribution in [0, 0.1) is 0 Å². The molecule has 0 amide bonds. The first-order chi connectivity index (χ1) is 4.74. The van der Waals surface area contributed by atoms with Gasteiger partial charge >= 0.3 is 0 Å². The molecule has 0 fully saturated rings. The lowest BCUT2D eigenvalue weighted by atomic mass is 10.3. The Morgan fingerprint density at radius 2 is 2.20 bits per heavy atom. The zero-order valence-electron chi connectivity index (χ0n) is 5.13. The van der Waals surface area contributed by atoms with Gasteiger partial charge in [-0.25, -0.2) is 0 Å². The number of hydrazine groups is 1. The van der Waals surface area contributed by atoms with Crippen LogP contribution in [0.15, 0.2) is 23.1 Å². The van der Waals surface area contributed by atoms with Gasteiger partial charge in [-0.3, -0.25) is 5.84 Å². The van der Waals surface area contributed by atoms with Gasteiger partial charge in [-0.2, -0.15) is 0 Å². The third-order valence-corrected chi connectivity index (χ3v) is 1.74. The molecule has 10 heavy (non-hydrogen) atoms. The zero-order valence-corrected chi connectivity index (χ0v) is 6.78. The first-order valence-corrected chi connectivity index (χ1v) is 3.51. The van der Waals surface area contributed by atoms with Crippen LogP contribution in [0.3, 0.4) is 0 Å². The highest BCUT2D eigenvalue weighted by atomic mass is 35.5. The van der Waals surface area contributed by atoms with Crippen LogP contribution in [-0.4, -0.2) is 0 Å². The monoisotopic (exact) mass is 174 g/mol. The molecular formula is C6H7ClN2S. The number of benzene rings is 1. The molecule has 0 saturated carbocycles. The topological polar surface area (TPSA) is 38.0 Å². The van der Waals surface area contributed by atoms with Crippen LogP contribution >= 0.6 is 24.2 Å². The number of halogens is 1. The van der Waals surface area contributed by atoms with Crippen LogP contribution in [-0.2, 0) is 0 Å². The van der Waals surface area contributed by atoms with E-state index in [1.165, 1.54) is 0 Å². The van der Waals surface area contributed by atoms with E-state index in [4.69, 9.17) is 17.4 Å². The van der Waals surface area contributed by atoms with Gasteiger partial charge in [0.15, 0.2) is 0 Å². The van der Waals surface area contributed by atoms with Crippen LogP contribution < -0.4 is 11.3 Å². The molecule has 1 rings (SSSR count). The Morgan fingerprint density at radius 1 is 1.50 bits per heavy atom. The molecule has 0 radical (unpaired) electrons. The van der Waals surface area contributed by atoms with Crippen molar-refractivity contribution in [2.24, 2.45) is 5.84 Å². The molecule has 0 unspecified atom stereocenters. The molecule has 54 valence electrons. The minimum atomic E-state index is 0.644. The molecule has 0 aromatic heterocycles. The molecule has 0 heterocycles. The second-order valence-electron chi connectivity index (χ2n) is 1.81. The van der Waals surface area contributed by atoms with Crippen molar-refractivity contribution in [1.82, 2.24) is 0 Å². The van der Waals surface area contributed by atoms with Crippen LogP contribution in [0.5, 0.6) is 0 Å². The summed E-state index contributed by atoms with van der Waals surface area (Å²) in [4.78, 5) is 0.784. The highest BCUT2D eigenvalue weighted by molar-refractivity contribution is 7.80. The Bertz CT molecular complexity index is 239. The summed E-state index contributed by atoms with van der Waals surface area (Å²) in [6, 6.07) is 5.25. The summed E-state index contributed by atoms with van der Waals surface area (Å²) in [5.74, 6) is 5.16. The van der Waals surface area contributed by atoms with Crippen molar-refractivity contribution in [3.63, 3.8) is 0 Å². The normalized spacial score (nSPS) is 9.50. The van der Waals surface area contributed by atoms with Crippen molar-refractivity contribution in [1.29, 1.82) is 0 Å². The lowest BCUT2D eigenvalue weighted by Gasteiger charge is -2.02. The molecule has 1 aromatic rings. The van der Waals surface area contributed by atoms with Crippen LogP contribution in [0.1, 0.15) is 0 Å². The number of nitrogen functional groups attached to an aromatic ring is 1. The summed E-state index contributed by atoms with van der Waals surface area (Å²) in [6.45, 7) is 0. The number of thiol groups is 1. The van der Waals surface area contributed by atoms with Gasteiger partial charge in [-0.05, 0) is 18.2 Å². The van der Waals surface area contributed by atoms with E-state index in [2.05, 4.69) is 18.1 Å². The van der Waals surface area contributed by atoms with E-state index in [0.29, 0.717) is 5.02 Å². The summed E-state index contributed by atoms with van der Waals surface area (Å²) in [6.07, 6.45) is 0. The quantitative estimate of drug-likeness (QED) is 0.346. The Balaban J connectivity index is 3.09. The lowest BCUT2D eigenvalue weighted by molar-refractivity contribution is 1.29. The first-order valence-electron chi connectivity index (χ1n) is 2.69. The molecule has 3 N–H and O–H groups in total. The smallest absolute Gasteiger partial charge is 0.0633 e. The Morgan fingerprint density at radius 3 is 2.70 bits per heavy atom. The third kappa shape index (κ3) is 1.56. The van der Waals surface area contributed by atoms with Crippen molar-refractivity contribution < 1.29 is 0 Å². The second kappa shape index (κ2) is 3.14. The summed E-state index contributed by atoms with van der Waals surface area (Å²) in [5.41, 5.74) is 3.21. The number of nitrogens with two attached hydrogens (primary N) is 1. The van der Waals surface area contributed by atoms with E-state index in [0.717, 1.165) is 10.6 Å². The molecule has 4 heteroatoms. The second-order valence-corrected chi connectivity index (χ2v) is 2.72. The average molecular weight is 175 g/mol. The predicted molar refractivity (Wildman–Crippen MR) is 46.5 cm³/mol. The summed E-state index contributed by atoms with van der Waals surface area (Å²) in [7, 11) is 0. The fourth-order valence-electron chi connectivity index (χ4n) is 0.624. The van der Waals surface area contributed by atoms with E-state index in [9.17, 15) is 0 Å². The molecule has 0 aliphatic carbocycles. The van der Waals surface area contributed by atoms with E-state index >= 15 is 0 Å². The van der Waals surface area contributed by atoms with Crippen molar-refractivity contribution in [3.05, 3.63) is 23.2 Å². The van der Waals surface area contributed by atoms with E-state index < -0.39 is 0 Å². The Hall–Kier alpha value is -0.380. The van der Waals surface area contributed by atoms with Gasteiger partial charge in [0.25, 0.3) is 0 Å². The predicted octanol–water partition coefficient (Wildman–Crippen LogP) is 1.91. The molecule has 0 spiro atoms. The maximum atomic E-state index is 5.67. The summed E-state index contributed by atoms with van der Waals surface area (Å²) < 4.78 is 0. The van der Waals surface area contributed by atoms with Crippen LogP contribution in [0.4, 0.5) is 5.69 Å². The molecule has 2 nitrogen and oxygen atoms in total. The highest BCUT2D eigenvalue weighted by Gasteiger charge is 1.95. The average Bonchev–Trinajstić information content (AvgIpc) is 1.94. The summed E-state index contributed by atoms with van der Waals surface area (Å²) >= 11 is 9.79. The van der Waals surface area contributed by atoms with E-state index in [1.807, 2.05) is 0 Å². The Kier molecular flexibility index (Phi) is 2.43. The van der Waals surface area contributed by atoms with Gasteiger partial charge in [0.1, 0.15) is 0 Å². The van der Waals surface area contributed by atoms with Crippen molar-refractivity contribution in [2.75, 3.05) is 5.43 Å². The maximum absolute atomic E-state index is 5.67. The van der Waals surface area contributed by atoms with Crippen LogP contribution in [0.2, 0.25) is 5.02 Å². The molecule has 0 saturated heterocycles. The molecule has 0 aliphatic heterocycles. The molecule has 1 aromatic carbocycles. The first kappa shape index (κ1) is 7.72. The van der Waals surface area contributed by atoms with Crippen molar-refractivity contribution in [2.45, 2.75) is 4.90 Å². The molecule has 0 atom stereocenters. The number of rotatable bonds is 1. The molecule has 0 bridgehead atoms. The van der Waals surface area contributed by atoms with Gasteiger partial charge < -0.3 is 5.43 Å². The molecular weight excluding hydrogens is 168 g/mol. The van der Waals surface area contributed by atoms with E-state index in [1.54, 1.807) is 18.2 Å². The fraction of sp³-hybridized carbons (Fsp3) is 0. The van der Waals surface area contributed by atoms with Crippen LogP contribution in [0.25, 0.3) is 0 Å². The number of anilines is 1. The van der Waals surface area contributed by atoms with Gasteiger partial charge in [0.2, 0.25) is 0 Å². The van der Waals surface area contributed by atoms with Gasteiger partial charge in [0, 0.05) is 9.92 Å². The highest BCUT2D eigenvalue weighted by Crippen LogP contribution is 2.22. The van der Waals surface area contributed by atoms with Crippen molar-refractivity contribution in [3.8, 4) is 0 Å². The standard InChI is InChI=1S/C6H7ClN2S/c7-4-1-2-6(10)5(3-4)9-8/h1-3,9-10H,8H2. The largest absolute Gasteiger partial charge is 0.323 e. The fourth-order valence-corrected chi connectivity index (χ4v) is 1.000. The minimum absolute atomic E-state index is 0.644. The summed E-state index contributed by atoms with van der Waals surface area (Å²) in [5, 5.41) is 0.644. The number of hydrogen-bond acceptors (Lipinski definition) is 3. The van der Waals surface area contributed by atoms with Gasteiger partial charge in [0.05, 0.1) is 5.69 Å². The van der Waals surface area contributed by atoms with Gasteiger partial charge in [-0.1, -0.05) is 11.6 Å². The van der Waals surface area contributed by atoms with Gasteiger partial charge in [-0.15, -0.1) is 12.6 Å². The number of hydrogen-bond donors (Lipinski definition) is 3. The SMILES string of the molecule is NNc1cc(Cl)ccc1S. The van der Waals surface area contributed by atoms with Crippen molar-refractivity contribution >= 4 is 29.9 Å². The Labute approximate surface area is 69.7 Å². The van der Waals surface area contributed by atoms with E-state index in [-0.39, 0.29) is 0 Å². The molecule has 0 aliphatic rings. The maximum Gasteiger partial charge on any atom is 0.0633 e. The zero-order chi connectivity index (χ0) is 7.56. The third-order valence-electron chi connectivity index (χ3n) is 1.11. The lowest BCUT2D eigenvalue weighted by Crippen LogP contribution is -2.07. The minimum Gasteiger partial charge on any atom is -0.323 e. The number of nitrogens with one attached hydrogen (secondary N) is 1.